The van der Waals surface area contributed by atoms with Gasteiger partial charge in [-0.15, -0.1) is 0 Å². The van der Waals surface area contributed by atoms with Gasteiger partial charge >= 0.3 is 5.97 Å². The number of anilines is 1. The van der Waals surface area contributed by atoms with Gasteiger partial charge in [0.15, 0.2) is 0 Å². The number of nitrogens with one attached hydrogen (secondary N) is 1. The lowest BCUT2D eigenvalue weighted by Gasteiger charge is -2.30. The summed E-state index contributed by atoms with van der Waals surface area (Å²) in [6.45, 7) is 0. The highest BCUT2D eigenvalue weighted by atomic mass is 16.4. The van der Waals surface area contributed by atoms with Crippen LogP contribution in [0.4, 0.5) is 5.69 Å². The van der Waals surface area contributed by atoms with Gasteiger partial charge in [0, 0.05) is 11.7 Å². The van der Waals surface area contributed by atoms with Gasteiger partial charge in [0.1, 0.15) is 0 Å². The third-order valence-electron chi connectivity index (χ3n) is 4.72. The molecular formula is C15H18N2O3. The van der Waals surface area contributed by atoms with E-state index in [9.17, 15) is 14.7 Å². The number of hydrogen-bond donors (Lipinski definition) is 3. The summed E-state index contributed by atoms with van der Waals surface area (Å²) in [6, 6.07) is 6.91. The standard InChI is InChI=1S/C15H18N2O3/c16-14(18)10-3-1-2-4-11(10)17-13-9-6-5-8(7-9)12(13)15(19)20/h1-4,8-9,12-13,17H,5-7H2,(H2,16,18)(H,19,20). The Balaban J connectivity index is 1.87. The van der Waals surface area contributed by atoms with Crippen molar-refractivity contribution in [3.8, 4) is 0 Å². The summed E-state index contributed by atoms with van der Waals surface area (Å²) in [5.41, 5.74) is 6.42. The number of primary amides is 1. The number of aliphatic carboxylic acids is 1. The first-order chi connectivity index (χ1) is 9.58. The van der Waals surface area contributed by atoms with E-state index in [4.69, 9.17) is 5.73 Å². The van der Waals surface area contributed by atoms with Gasteiger partial charge in [0.25, 0.3) is 5.91 Å². The number of carbonyl (C=O) groups excluding carboxylic acids is 1. The van der Waals surface area contributed by atoms with Gasteiger partial charge in [-0.2, -0.15) is 0 Å². The van der Waals surface area contributed by atoms with Gasteiger partial charge < -0.3 is 16.2 Å². The van der Waals surface area contributed by atoms with Gasteiger partial charge in [-0.25, -0.2) is 0 Å². The van der Waals surface area contributed by atoms with Crippen molar-refractivity contribution in [3.63, 3.8) is 0 Å². The molecule has 4 N–H and O–H groups in total. The van der Waals surface area contributed by atoms with Gasteiger partial charge in [0.2, 0.25) is 0 Å². The number of fused-ring (bicyclic) bond motifs is 2. The highest BCUT2D eigenvalue weighted by Gasteiger charge is 2.51. The second-order valence-electron chi connectivity index (χ2n) is 5.78. The minimum Gasteiger partial charge on any atom is -0.481 e. The lowest BCUT2D eigenvalue weighted by molar-refractivity contribution is -0.143. The van der Waals surface area contributed by atoms with Crippen molar-refractivity contribution in [3.05, 3.63) is 29.8 Å². The van der Waals surface area contributed by atoms with Gasteiger partial charge in [-0.05, 0) is 43.2 Å². The van der Waals surface area contributed by atoms with Crippen molar-refractivity contribution in [2.75, 3.05) is 5.32 Å². The molecule has 20 heavy (non-hydrogen) atoms. The maximum atomic E-state index is 11.5. The average molecular weight is 274 g/mol. The van der Waals surface area contributed by atoms with Crippen LogP contribution in [0.25, 0.3) is 0 Å². The molecule has 0 saturated heterocycles. The number of carboxylic acids is 1. The molecule has 2 fully saturated rings. The van der Waals surface area contributed by atoms with Gasteiger partial charge in [0.05, 0.1) is 11.5 Å². The Morgan fingerprint density at radius 1 is 1.20 bits per heavy atom. The first-order valence-corrected chi connectivity index (χ1v) is 6.96. The molecule has 1 aromatic carbocycles. The van der Waals surface area contributed by atoms with E-state index in [1.54, 1.807) is 18.2 Å². The highest BCUT2D eigenvalue weighted by Crippen LogP contribution is 2.49. The Bertz CT molecular complexity index is 558. The zero-order valence-corrected chi connectivity index (χ0v) is 11.1. The van der Waals surface area contributed by atoms with E-state index < -0.39 is 11.9 Å². The van der Waals surface area contributed by atoms with Crippen molar-refractivity contribution in [1.82, 2.24) is 0 Å². The predicted octanol–water partition coefficient (Wildman–Crippen LogP) is 1.70. The fourth-order valence-electron chi connectivity index (χ4n) is 3.86. The van der Waals surface area contributed by atoms with E-state index in [-0.39, 0.29) is 17.9 Å². The maximum Gasteiger partial charge on any atom is 0.308 e. The first-order valence-electron chi connectivity index (χ1n) is 6.96. The quantitative estimate of drug-likeness (QED) is 0.779. The molecular weight excluding hydrogens is 256 g/mol. The summed E-state index contributed by atoms with van der Waals surface area (Å²) in [5.74, 6) is -0.971. The van der Waals surface area contributed by atoms with Crippen molar-refractivity contribution in [2.24, 2.45) is 23.5 Å². The van der Waals surface area contributed by atoms with E-state index in [1.165, 1.54) is 0 Å². The second kappa shape index (κ2) is 4.81. The second-order valence-corrected chi connectivity index (χ2v) is 5.78. The molecule has 2 aliphatic carbocycles. The van der Waals surface area contributed by atoms with Crippen molar-refractivity contribution in [2.45, 2.75) is 25.3 Å². The number of carboxylic acid groups (broad SMARTS) is 1. The Hall–Kier alpha value is -2.04. The smallest absolute Gasteiger partial charge is 0.308 e. The lowest BCUT2D eigenvalue weighted by atomic mass is 9.84. The van der Waals surface area contributed by atoms with E-state index >= 15 is 0 Å². The zero-order chi connectivity index (χ0) is 14.3. The monoisotopic (exact) mass is 274 g/mol. The van der Waals surface area contributed by atoms with Crippen LogP contribution in [0.2, 0.25) is 0 Å². The fraction of sp³-hybridized carbons (Fsp3) is 0.467. The molecule has 4 unspecified atom stereocenters. The number of carbonyl (C=O) groups is 2. The van der Waals surface area contributed by atoms with Crippen molar-refractivity contribution < 1.29 is 14.7 Å². The summed E-state index contributed by atoms with van der Waals surface area (Å²) in [7, 11) is 0. The molecule has 0 aromatic heterocycles. The lowest BCUT2D eigenvalue weighted by Crippen LogP contribution is -2.39. The summed E-state index contributed by atoms with van der Waals surface area (Å²) < 4.78 is 0. The summed E-state index contributed by atoms with van der Waals surface area (Å²) in [5, 5.41) is 12.7. The summed E-state index contributed by atoms with van der Waals surface area (Å²) in [4.78, 5) is 22.9. The third-order valence-corrected chi connectivity index (χ3v) is 4.72. The van der Waals surface area contributed by atoms with E-state index in [0.29, 0.717) is 17.2 Å². The number of amides is 1. The Labute approximate surface area is 117 Å². The SMILES string of the molecule is NC(=O)c1ccccc1NC1C2CCC(C2)C1C(=O)O. The molecule has 2 bridgehead atoms. The summed E-state index contributed by atoms with van der Waals surface area (Å²) >= 11 is 0. The number of rotatable bonds is 4. The van der Waals surface area contributed by atoms with E-state index in [0.717, 1.165) is 19.3 Å². The summed E-state index contributed by atoms with van der Waals surface area (Å²) in [6.07, 6.45) is 3.02. The predicted molar refractivity (Wildman–Crippen MR) is 74.3 cm³/mol. The van der Waals surface area contributed by atoms with Crippen molar-refractivity contribution >= 4 is 17.6 Å². The molecule has 2 saturated carbocycles. The molecule has 0 heterocycles. The molecule has 3 rings (SSSR count). The van der Waals surface area contributed by atoms with Crippen molar-refractivity contribution in [1.29, 1.82) is 0 Å². The van der Waals surface area contributed by atoms with Gasteiger partial charge in [-0.3, -0.25) is 9.59 Å². The largest absolute Gasteiger partial charge is 0.481 e. The molecule has 4 atom stereocenters. The molecule has 5 heteroatoms. The molecule has 0 spiro atoms. The minimum absolute atomic E-state index is 0.105. The number of nitrogens with two attached hydrogens (primary N) is 1. The molecule has 0 radical (unpaired) electrons. The van der Waals surface area contributed by atoms with E-state index in [2.05, 4.69) is 5.32 Å². The van der Waals surface area contributed by atoms with E-state index in [1.807, 2.05) is 6.07 Å². The van der Waals surface area contributed by atoms with Crippen LogP contribution in [-0.2, 0) is 4.79 Å². The van der Waals surface area contributed by atoms with Gasteiger partial charge in [-0.1, -0.05) is 12.1 Å². The van der Waals surface area contributed by atoms with Crippen LogP contribution in [0.3, 0.4) is 0 Å². The van der Waals surface area contributed by atoms with Crippen LogP contribution in [0.1, 0.15) is 29.6 Å². The van der Waals surface area contributed by atoms with Crippen LogP contribution >= 0.6 is 0 Å². The van der Waals surface area contributed by atoms with Crippen LogP contribution in [0.15, 0.2) is 24.3 Å². The third kappa shape index (κ3) is 2.03. The fourth-order valence-corrected chi connectivity index (χ4v) is 3.86. The minimum atomic E-state index is -0.744. The average Bonchev–Trinajstić information content (AvgIpc) is 2.99. The number of para-hydroxylation sites is 1. The van der Waals surface area contributed by atoms with Crippen LogP contribution < -0.4 is 11.1 Å². The molecule has 5 nitrogen and oxygen atoms in total. The molecule has 1 amide bonds. The Morgan fingerprint density at radius 2 is 1.90 bits per heavy atom. The van der Waals surface area contributed by atoms with Crippen LogP contribution in [0.5, 0.6) is 0 Å². The number of benzene rings is 1. The number of hydrogen-bond acceptors (Lipinski definition) is 3. The first kappa shape index (κ1) is 13.0. The maximum absolute atomic E-state index is 11.5. The van der Waals surface area contributed by atoms with Crippen LogP contribution in [0, 0.1) is 17.8 Å². The highest BCUT2D eigenvalue weighted by molar-refractivity contribution is 5.98. The van der Waals surface area contributed by atoms with Crippen LogP contribution in [-0.4, -0.2) is 23.0 Å². The Morgan fingerprint density at radius 3 is 2.60 bits per heavy atom. The topological polar surface area (TPSA) is 92.4 Å². The zero-order valence-electron chi connectivity index (χ0n) is 11.1. The Kier molecular flexibility index (Phi) is 3.12. The molecule has 2 aliphatic rings. The molecule has 1 aromatic rings. The normalized spacial score (nSPS) is 31.2. The molecule has 106 valence electrons. The molecule has 0 aliphatic heterocycles.